The fourth-order valence-corrected chi connectivity index (χ4v) is 2.42. The first-order chi connectivity index (χ1) is 7.06. The van der Waals surface area contributed by atoms with E-state index in [4.69, 9.17) is 0 Å². The van der Waals surface area contributed by atoms with Crippen LogP contribution in [0.4, 0.5) is 0 Å². The van der Waals surface area contributed by atoms with Crippen molar-refractivity contribution in [2.75, 3.05) is 6.54 Å². The molecule has 5 heteroatoms. The van der Waals surface area contributed by atoms with Gasteiger partial charge in [0.25, 0.3) is 0 Å². The van der Waals surface area contributed by atoms with Crippen LogP contribution < -0.4 is 4.72 Å². The maximum atomic E-state index is 11.7. The highest BCUT2D eigenvalue weighted by atomic mass is 79.9. The molecule has 84 valence electrons. The molecule has 1 rings (SSSR count). The van der Waals surface area contributed by atoms with Crippen molar-refractivity contribution < 1.29 is 8.42 Å². The molecule has 0 aliphatic heterocycles. The summed E-state index contributed by atoms with van der Waals surface area (Å²) in [6.45, 7) is 2.52. The molecule has 0 aliphatic carbocycles. The summed E-state index contributed by atoms with van der Waals surface area (Å²) in [6.07, 6.45) is 1.83. The second-order valence-corrected chi connectivity index (χ2v) is 5.89. The topological polar surface area (TPSA) is 46.2 Å². The number of nitrogens with one attached hydrogen (secondary N) is 1. The van der Waals surface area contributed by atoms with Gasteiger partial charge in [-0.2, -0.15) is 0 Å². The summed E-state index contributed by atoms with van der Waals surface area (Å²) >= 11 is 3.26. The molecule has 0 heterocycles. The van der Waals surface area contributed by atoms with Crippen LogP contribution in [0.25, 0.3) is 0 Å². The Balaban J connectivity index is 2.73. The number of hydrogen-bond acceptors (Lipinski definition) is 2. The van der Waals surface area contributed by atoms with Gasteiger partial charge in [-0.15, -0.1) is 0 Å². The maximum Gasteiger partial charge on any atom is 0.240 e. The van der Waals surface area contributed by atoms with Crippen LogP contribution in [0.5, 0.6) is 0 Å². The smallest absolute Gasteiger partial charge is 0.211 e. The Morgan fingerprint density at radius 2 is 1.87 bits per heavy atom. The van der Waals surface area contributed by atoms with Gasteiger partial charge in [0.05, 0.1) is 4.90 Å². The molecule has 0 aromatic heterocycles. The van der Waals surface area contributed by atoms with E-state index in [-0.39, 0.29) is 0 Å². The molecule has 0 unspecified atom stereocenters. The van der Waals surface area contributed by atoms with Crippen LogP contribution in [0.2, 0.25) is 0 Å². The van der Waals surface area contributed by atoms with E-state index in [1.807, 2.05) is 6.92 Å². The van der Waals surface area contributed by atoms with E-state index in [9.17, 15) is 8.42 Å². The fraction of sp³-hybridized carbons (Fsp3) is 0.400. The predicted octanol–water partition coefficient (Wildman–Crippen LogP) is 2.53. The Hall–Kier alpha value is -0.390. The van der Waals surface area contributed by atoms with Crippen LogP contribution in [0.1, 0.15) is 19.8 Å². The molecular formula is C10H14BrNO2S. The van der Waals surface area contributed by atoms with E-state index in [2.05, 4.69) is 20.7 Å². The van der Waals surface area contributed by atoms with Gasteiger partial charge in [0.2, 0.25) is 10.0 Å². The quantitative estimate of drug-likeness (QED) is 0.848. The van der Waals surface area contributed by atoms with Gasteiger partial charge >= 0.3 is 0 Å². The minimum Gasteiger partial charge on any atom is -0.211 e. The summed E-state index contributed by atoms with van der Waals surface area (Å²) in [5.74, 6) is 0. The molecule has 0 radical (unpaired) electrons. The van der Waals surface area contributed by atoms with Crippen molar-refractivity contribution >= 4 is 26.0 Å². The van der Waals surface area contributed by atoms with Gasteiger partial charge in [0, 0.05) is 11.0 Å². The van der Waals surface area contributed by atoms with Crippen molar-refractivity contribution in [3.8, 4) is 0 Å². The highest BCUT2D eigenvalue weighted by Gasteiger charge is 2.11. The van der Waals surface area contributed by atoms with E-state index >= 15 is 0 Å². The van der Waals surface area contributed by atoms with Crippen molar-refractivity contribution in [2.45, 2.75) is 24.7 Å². The summed E-state index contributed by atoms with van der Waals surface area (Å²) in [5.41, 5.74) is 0. The largest absolute Gasteiger partial charge is 0.240 e. The predicted molar refractivity (Wildman–Crippen MR) is 64.2 cm³/mol. The summed E-state index contributed by atoms with van der Waals surface area (Å²) in [4.78, 5) is 0.307. The first kappa shape index (κ1) is 12.7. The molecule has 15 heavy (non-hydrogen) atoms. The van der Waals surface area contributed by atoms with Crippen LogP contribution in [0.15, 0.2) is 33.6 Å². The summed E-state index contributed by atoms with van der Waals surface area (Å²) in [7, 11) is -3.32. The molecule has 0 amide bonds. The number of halogens is 1. The van der Waals surface area contributed by atoms with E-state index in [0.717, 1.165) is 17.3 Å². The lowest BCUT2D eigenvalue weighted by molar-refractivity contribution is 0.578. The van der Waals surface area contributed by atoms with Crippen molar-refractivity contribution in [3.63, 3.8) is 0 Å². The zero-order valence-electron chi connectivity index (χ0n) is 8.53. The van der Waals surface area contributed by atoms with E-state index in [1.54, 1.807) is 24.3 Å². The van der Waals surface area contributed by atoms with Gasteiger partial charge in [-0.05, 0) is 30.7 Å². The molecule has 0 bridgehead atoms. The lowest BCUT2D eigenvalue weighted by Crippen LogP contribution is -2.24. The number of unbranched alkanes of at least 4 members (excludes halogenated alkanes) is 1. The summed E-state index contributed by atoms with van der Waals surface area (Å²) in [6, 6.07) is 6.60. The van der Waals surface area contributed by atoms with Crippen LogP contribution in [0, 0.1) is 0 Å². The highest BCUT2D eigenvalue weighted by molar-refractivity contribution is 9.10. The molecule has 0 fully saturated rings. The third kappa shape index (κ3) is 3.93. The van der Waals surface area contributed by atoms with Crippen molar-refractivity contribution in [1.29, 1.82) is 0 Å². The summed E-state index contributed by atoms with van der Waals surface area (Å²) in [5, 5.41) is 0. The highest BCUT2D eigenvalue weighted by Crippen LogP contribution is 2.14. The van der Waals surface area contributed by atoms with Gasteiger partial charge in [-0.3, -0.25) is 0 Å². The third-order valence-corrected chi connectivity index (χ3v) is 3.95. The molecule has 3 nitrogen and oxygen atoms in total. The second-order valence-electron chi connectivity index (χ2n) is 3.21. The Labute approximate surface area is 99.1 Å². The molecule has 0 aliphatic rings. The number of hydrogen-bond donors (Lipinski definition) is 1. The molecule has 1 aromatic carbocycles. The minimum absolute atomic E-state index is 0.307. The number of benzene rings is 1. The molecule has 0 saturated carbocycles. The zero-order chi connectivity index (χ0) is 11.3. The van der Waals surface area contributed by atoms with Crippen molar-refractivity contribution in [2.24, 2.45) is 0 Å². The Kier molecular flexibility index (Phi) is 4.76. The van der Waals surface area contributed by atoms with Gasteiger partial charge in [-0.1, -0.05) is 29.3 Å². The molecule has 0 saturated heterocycles. The first-order valence-corrected chi connectivity index (χ1v) is 7.09. The average Bonchev–Trinajstić information content (AvgIpc) is 2.18. The molecule has 0 spiro atoms. The monoisotopic (exact) mass is 291 g/mol. The van der Waals surface area contributed by atoms with E-state index in [1.165, 1.54) is 0 Å². The van der Waals surface area contributed by atoms with E-state index in [0.29, 0.717) is 11.4 Å². The Bertz CT molecular complexity index is 400. The minimum atomic E-state index is -3.32. The first-order valence-electron chi connectivity index (χ1n) is 4.81. The lowest BCUT2D eigenvalue weighted by atomic mass is 10.3. The molecular weight excluding hydrogens is 278 g/mol. The van der Waals surface area contributed by atoms with Crippen LogP contribution >= 0.6 is 15.9 Å². The summed E-state index contributed by atoms with van der Waals surface area (Å²) < 4.78 is 26.8. The SMILES string of the molecule is CCCCNS(=O)(=O)c1ccc(Br)cc1. The normalized spacial score (nSPS) is 11.6. The standard InChI is InChI=1S/C10H14BrNO2S/c1-2-3-8-12-15(13,14)10-6-4-9(11)5-7-10/h4-7,12H,2-3,8H2,1H3. The van der Waals surface area contributed by atoms with Gasteiger partial charge < -0.3 is 0 Å². The van der Waals surface area contributed by atoms with Crippen LogP contribution in [-0.4, -0.2) is 15.0 Å². The van der Waals surface area contributed by atoms with Crippen LogP contribution in [-0.2, 0) is 10.0 Å². The maximum absolute atomic E-state index is 11.7. The fourth-order valence-electron chi connectivity index (χ4n) is 1.08. The van der Waals surface area contributed by atoms with Gasteiger partial charge in [-0.25, -0.2) is 13.1 Å². The second kappa shape index (κ2) is 5.63. The molecule has 1 aromatic rings. The Morgan fingerprint density at radius 1 is 1.27 bits per heavy atom. The number of rotatable bonds is 5. The lowest BCUT2D eigenvalue weighted by Gasteiger charge is -2.05. The molecule has 0 atom stereocenters. The number of sulfonamides is 1. The third-order valence-electron chi connectivity index (χ3n) is 1.95. The average molecular weight is 292 g/mol. The zero-order valence-corrected chi connectivity index (χ0v) is 10.9. The van der Waals surface area contributed by atoms with Crippen molar-refractivity contribution in [3.05, 3.63) is 28.7 Å². The van der Waals surface area contributed by atoms with Crippen LogP contribution in [0.3, 0.4) is 0 Å². The Morgan fingerprint density at radius 3 is 2.40 bits per heavy atom. The van der Waals surface area contributed by atoms with Gasteiger partial charge in [0.1, 0.15) is 0 Å². The van der Waals surface area contributed by atoms with E-state index < -0.39 is 10.0 Å². The van der Waals surface area contributed by atoms with Crippen molar-refractivity contribution in [1.82, 2.24) is 4.72 Å². The molecule has 1 N–H and O–H groups in total. The van der Waals surface area contributed by atoms with Gasteiger partial charge in [0.15, 0.2) is 0 Å².